The van der Waals surface area contributed by atoms with Crippen molar-refractivity contribution in [3.05, 3.63) is 0 Å². The molecule has 1 rings (SSSR count). The molecule has 1 atom stereocenters. The normalized spacial score (nSPS) is 20.5. The molecule has 0 aliphatic carbocycles. The monoisotopic (exact) mass is 214 g/mol. The number of methoxy groups -OCH3 is 1. The zero-order chi connectivity index (χ0) is 11.4. The van der Waals surface area contributed by atoms with E-state index in [0.29, 0.717) is 0 Å². The highest BCUT2D eigenvalue weighted by molar-refractivity contribution is 6.33. The summed E-state index contributed by atoms with van der Waals surface area (Å²) >= 11 is 0. The van der Waals surface area contributed by atoms with Gasteiger partial charge in [-0.05, 0) is 6.42 Å². The summed E-state index contributed by atoms with van der Waals surface area (Å²) in [6.07, 6.45) is 0.325. The zero-order valence-electron chi connectivity index (χ0n) is 8.03. The largest absolute Gasteiger partial charge is 0.462 e. The number of piperidine rings is 1. The lowest BCUT2D eigenvalue weighted by Crippen LogP contribution is -2.53. The average molecular weight is 214 g/mol. The van der Waals surface area contributed by atoms with Gasteiger partial charge in [-0.1, -0.05) is 0 Å². The zero-order valence-corrected chi connectivity index (χ0v) is 8.03. The van der Waals surface area contributed by atoms with Crippen molar-refractivity contribution >= 4 is 23.7 Å². The van der Waals surface area contributed by atoms with Gasteiger partial charge in [0, 0.05) is 6.42 Å². The van der Waals surface area contributed by atoms with Gasteiger partial charge in [0.25, 0.3) is 0 Å². The van der Waals surface area contributed by atoms with Gasteiger partial charge in [-0.3, -0.25) is 19.7 Å². The molecule has 1 aliphatic rings. The van der Waals surface area contributed by atoms with Gasteiger partial charge in [-0.25, -0.2) is 4.79 Å². The smallest absolute Gasteiger partial charge is 0.396 e. The molecule has 0 saturated carbocycles. The van der Waals surface area contributed by atoms with E-state index in [1.165, 1.54) is 0 Å². The molecule has 1 fully saturated rings. The molecular formula is C8H10N2O5. The van der Waals surface area contributed by atoms with Crippen LogP contribution in [-0.2, 0) is 23.9 Å². The number of nitrogens with one attached hydrogen (secondary N) is 2. The van der Waals surface area contributed by atoms with Gasteiger partial charge >= 0.3 is 11.9 Å². The predicted octanol–water partition coefficient (Wildman–Crippen LogP) is -1.92. The first kappa shape index (κ1) is 11.2. The Labute approximate surface area is 85.1 Å². The van der Waals surface area contributed by atoms with Crippen molar-refractivity contribution in [2.24, 2.45) is 0 Å². The number of esters is 1. The third-order valence-electron chi connectivity index (χ3n) is 1.92. The molecule has 82 valence electrons. The molecule has 0 aromatic heterocycles. The van der Waals surface area contributed by atoms with Crippen LogP contribution in [0.1, 0.15) is 12.8 Å². The fraction of sp³-hybridized carbons (Fsp3) is 0.500. The van der Waals surface area contributed by atoms with E-state index in [-0.39, 0.29) is 18.7 Å². The van der Waals surface area contributed by atoms with E-state index < -0.39 is 23.8 Å². The van der Waals surface area contributed by atoms with Crippen molar-refractivity contribution in [2.75, 3.05) is 7.11 Å². The molecule has 3 amide bonds. The Bertz CT molecular complexity index is 325. The molecular weight excluding hydrogens is 204 g/mol. The number of hydrogen-bond donors (Lipinski definition) is 2. The van der Waals surface area contributed by atoms with Crippen LogP contribution < -0.4 is 10.6 Å². The van der Waals surface area contributed by atoms with E-state index in [4.69, 9.17) is 0 Å². The molecule has 0 spiro atoms. The lowest BCUT2D eigenvalue weighted by atomic mass is 10.1. The summed E-state index contributed by atoms with van der Waals surface area (Å²) in [4.78, 5) is 43.7. The molecule has 2 N–H and O–H groups in total. The minimum atomic E-state index is -1.07. The molecule has 0 aromatic carbocycles. The summed E-state index contributed by atoms with van der Waals surface area (Å²) in [6, 6.07) is -0.853. The van der Waals surface area contributed by atoms with E-state index in [0.717, 1.165) is 7.11 Å². The summed E-state index contributed by atoms with van der Waals surface area (Å²) < 4.78 is 4.16. The Morgan fingerprint density at radius 2 is 2.13 bits per heavy atom. The highest BCUT2D eigenvalue weighted by Gasteiger charge is 2.29. The van der Waals surface area contributed by atoms with E-state index in [1.54, 1.807) is 0 Å². The number of ether oxygens (including phenoxy) is 1. The maximum Gasteiger partial charge on any atom is 0.396 e. The van der Waals surface area contributed by atoms with Crippen molar-refractivity contribution in [2.45, 2.75) is 18.9 Å². The Morgan fingerprint density at radius 3 is 2.67 bits per heavy atom. The summed E-state index contributed by atoms with van der Waals surface area (Å²) in [5, 5.41) is 4.21. The standard InChI is InChI=1S/C8H10N2O5/c1-15-8(14)7(13)9-4-2-3-5(11)10-6(4)12/h4H,2-3H2,1H3,(H,9,13)(H,10,11,12). The lowest BCUT2D eigenvalue weighted by molar-refractivity contribution is -0.153. The number of imide groups is 1. The fourth-order valence-corrected chi connectivity index (χ4v) is 1.14. The van der Waals surface area contributed by atoms with Gasteiger partial charge < -0.3 is 10.1 Å². The van der Waals surface area contributed by atoms with Gasteiger partial charge in [0.1, 0.15) is 6.04 Å². The third kappa shape index (κ3) is 2.76. The molecule has 1 unspecified atom stereocenters. The summed E-state index contributed by atoms with van der Waals surface area (Å²) in [5.41, 5.74) is 0. The summed E-state index contributed by atoms with van der Waals surface area (Å²) in [6.45, 7) is 0. The number of rotatable bonds is 1. The van der Waals surface area contributed by atoms with Gasteiger partial charge in [0.05, 0.1) is 7.11 Å². The Morgan fingerprint density at radius 1 is 1.47 bits per heavy atom. The molecule has 7 heteroatoms. The first-order valence-electron chi connectivity index (χ1n) is 4.27. The van der Waals surface area contributed by atoms with Crippen LogP contribution in [0.3, 0.4) is 0 Å². The Kier molecular flexibility index (Phi) is 3.37. The molecule has 0 aromatic rings. The van der Waals surface area contributed by atoms with Crippen LogP contribution in [-0.4, -0.2) is 36.8 Å². The number of carbonyl (C=O) groups is 4. The minimum Gasteiger partial charge on any atom is -0.462 e. The second-order valence-electron chi connectivity index (χ2n) is 2.97. The lowest BCUT2D eigenvalue weighted by Gasteiger charge is -2.20. The van der Waals surface area contributed by atoms with Crippen LogP contribution in [0.4, 0.5) is 0 Å². The van der Waals surface area contributed by atoms with Crippen molar-refractivity contribution in [3.8, 4) is 0 Å². The Hall–Kier alpha value is -1.92. The van der Waals surface area contributed by atoms with Crippen LogP contribution >= 0.6 is 0 Å². The van der Waals surface area contributed by atoms with Gasteiger partial charge in [0.2, 0.25) is 11.8 Å². The van der Waals surface area contributed by atoms with Gasteiger partial charge in [-0.15, -0.1) is 0 Å². The van der Waals surface area contributed by atoms with Crippen LogP contribution in [0.15, 0.2) is 0 Å². The molecule has 0 radical (unpaired) electrons. The first-order chi connectivity index (χ1) is 7.04. The highest BCUT2D eigenvalue weighted by Crippen LogP contribution is 2.03. The average Bonchev–Trinajstić information content (AvgIpc) is 2.20. The maximum absolute atomic E-state index is 11.2. The van der Waals surface area contributed by atoms with Crippen molar-refractivity contribution < 1.29 is 23.9 Å². The quantitative estimate of drug-likeness (QED) is 0.301. The highest BCUT2D eigenvalue weighted by atomic mass is 16.5. The second-order valence-corrected chi connectivity index (χ2v) is 2.97. The SMILES string of the molecule is COC(=O)C(=O)NC1CCC(=O)NC1=O. The van der Waals surface area contributed by atoms with Gasteiger partial charge in [-0.2, -0.15) is 0 Å². The third-order valence-corrected chi connectivity index (χ3v) is 1.92. The molecule has 1 aliphatic heterocycles. The topological polar surface area (TPSA) is 102 Å². The van der Waals surface area contributed by atoms with Crippen molar-refractivity contribution in [1.29, 1.82) is 0 Å². The van der Waals surface area contributed by atoms with E-state index in [2.05, 4.69) is 10.1 Å². The van der Waals surface area contributed by atoms with Crippen LogP contribution in [0.2, 0.25) is 0 Å². The molecule has 1 heterocycles. The summed E-state index contributed by atoms with van der Waals surface area (Å²) in [7, 11) is 1.06. The van der Waals surface area contributed by atoms with E-state index in [1.807, 2.05) is 5.32 Å². The summed E-state index contributed by atoms with van der Waals surface area (Å²) in [5.74, 6) is -3.06. The fourth-order valence-electron chi connectivity index (χ4n) is 1.14. The molecule has 0 bridgehead atoms. The second kappa shape index (κ2) is 4.54. The molecule has 1 saturated heterocycles. The van der Waals surface area contributed by atoms with Crippen LogP contribution in [0.25, 0.3) is 0 Å². The van der Waals surface area contributed by atoms with E-state index >= 15 is 0 Å². The number of hydrogen-bond acceptors (Lipinski definition) is 5. The first-order valence-corrected chi connectivity index (χ1v) is 4.27. The Balaban J connectivity index is 2.52. The van der Waals surface area contributed by atoms with Crippen molar-refractivity contribution in [1.82, 2.24) is 10.6 Å². The molecule has 7 nitrogen and oxygen atoms in total. The number of carbonyl (C=O) groups excluding carboxylic acids is 4. The van der Waals surface area contributed by atoms with E-state index in [9.17, 15) is 19.2 Å². The van der Waals surface area contributed by atoms with Crippen molar-refractivity contribution in [3.63, 3.8) is 0 Å². The predicted molar refractivity (Wildman–Crippen MR) is 46.3 cm³/mol. The molecule has 15 heavy (non-hydrogen) atoms. The number of amides is 3. The maximum atomic E-state index is 11.2. The minimum absolute atomic E-state index is 0.137. The van der Waals surface area contributed by atoms with Crippen LogP contribution in [0, 0.1) is 0 Å². The van der Waals surface area contributed by atoms with Gasteiger partial charge in [0.15, 0.2) is 0 Å². The van der Waals surface area contributed by atoms with Crippen LogP contribution in [0.5, 0.6) is 0 Å².